The predicted molar refractivity (Wildman–Crippen MR) is 105 cm³/mol. The molecule has 4 heterocycles. The Morgan fingerprint density at radius 2 is 2.22 bits per heavy atom. The van der Waals surface area contributed by atoms with Crippen LogP contribution in [0.25, 0.3) is 0 Å². The molecule has 3 aliphatic heterocycles. The van der Waals surface area contributed by atoms with Crippen molar-refractivity contribution < 1.29 is 9.47 Å². The van der Waals surface area contributed by atoms with Crippen molar-refractivity contribution in [1.82, 2.24) is 15.4 Å². The molecule has 1 N–H and O–H groups in total. The van der Waals surface area contributed by atoms with Gasteiger partial charge in [-0.15, -0.1) is 0 Å². The van der Waals surface area contributed by atoms with Crippen molar-refractivity contribution in [2.24, 2.45) is 4.99 Å². The van der Waals surface area contributed by atoms with E-state index in [4.69, 9.17) is 19.5 Å². The summed E-state index contributed by atoms with van der Waals surface area (Å²) in [5, 5.41) is 3.29. The standard InChI is InChI=1S/C20H22N4O2S/c1-11-8-12(2)22-18-15(11)17-20(3,27-18)19(23-24(17)4)21-9-13-6-5-7-14-16(13)26-10-25-14/h5-8,17H,9-10H2,1-4H3,(H,21,23). The van der Waals surface area contributed by atoms with Crippen molar-refractivity contribution in [3.63, 3.8) is 0 Å². The molecule has 0 amide bonds. The Hall–Kier alpha value is -2.25. The molecule has 0 bridgehead atoms. The van der Waals surface area contributed by atoms with Gasteiger partial charge in [-0.25, -0.2) is 9.99 Å². The first-order valence-corrected chi connectivity index (χ1v) is 9.88. The first-order valence-electron chi connectivity index (χ1n) is 9.06. The number of hydrogen-bond donors (Lipinski definition) is 1. The van der Waals surface area contributed by atoms with Crippen LogP contribution in [-0.4, -0.2) is 34.4 Å². The first kappa shape index (κ1) is 16.9. The van der Waals surface area contributed by atoms with Crippen LogP contribution in [0.5, 0.6) is 11.5 Å². The molecule has 2 unspecified atom stereocenters. The number of hydrazine groups is 1. The normalized spacial score (nSPS) is 27.0. The average Bonchev–Trinajstić information content (AvgIpc) is 3.26. The van der Waals surface area contributed by atoms with E-state index in [0.29, 0.717) is 6.54 Å². The Labute approximate surface area is 163 Å². The predicted octanol–water partition coefficient (Wildman–Crippen LogP) is 3.38. The molecule has 0 radical (unpaired) electrons. The fourth-order valence-electron chi connectivity index (χ4n) is 4.31. The number of benzene rings is 1. The minimum absolute atomic E-state index is 0.183. The highest BCUT2D eigenvalue weighted by molar-refractivity contribution is 8.01. The van der Waals surface area contributed by atoms with Crippen LogP contribution in [0.4, 0.5) is 0 Å². The number of fused-ring (bicyclic) bond motifs is 4. The zero-order valence-corrected chi connectivity index (χ0v) is 16.7. The lowest BCUT2D eigenvalue weighted by atomic mass is 9.92. The largest absolute Gasteiger partial charge is 0.454 e. The molecule has 7 heteroatoms. The number of rotatable bonds is 2. The molecule has 0 aliphatic carbocycles. The fraction of sp³-hybridized carbons (Fsp3) is 0.400. The SMILES string of the molecule is Cc1cc(C)c2c(n1)SC1(C)C(=NCc3cccc4c3OCO4)NN(C)C21. The second kappa shape index (κ2) is 5.87. The minimum atomic E-state index is -0.183. The molecule has 1 aromatic heterocycles. The van der Waals surface area contributed by atoms with Gasteiger partial charge in [-0.3, -0.25) is 4.99 Å². The van der Waals surface area contributed by atoms with Crippen molar-refractivity contribution >= 4 is 17.6 Å². The Bertz CT molecular complexity index is 977. The highest BCUT2D eigenvalue weighted by Crippen LogP contribution is 2.57. The Balaban J connectivity index is 1.50. The van der Waals surface area contributed by atoms with E-state index in [1.807, 2.05) is 30.0 Å². The van der Waals surface area contributed by atoms with Gasteiger partial charge in [0.15, 0.2) is 11.5 Å². The van der Waals surface area contributed by atoms with Crippen LogP contribution in [0, 0.1) is 13.8 Å². The quantitative estimate of drug-likeness (QED) is 0.859. The molecule has 0 saturated carbocycles. The number of pyridine rings is 1. The van der Waals surface area contributed by atoms with E-state index in [1.54, 1.807) is 0 Å². The lowest BCUT2D eigenvalue weighted by Crippen LogP contribution is -2.33. The van der Waals surface area contributed by atoms with Crippen molar-refractivity contribution in [2.45, 2.75) is 43.1 Å². The van der Waals surface area contributed by atoms with Gasteiger partial charge >= 0.3 is 0 Å². The summed E-state index contributed by atoms with van der Waals surface area (Å²) < 4.78 is 10.9. The number of para-hydroxylation sites is 1. The maximum Gasteiger partial charge on any atom is 0.231 e. The van der Waals surface area contributed by atoms with E-state index in [-0.39, 0.29) is 17.6 Å². The molecule has 1 saturated heterocycles. The Morgan fingerprint density at radius 1 is 1.37 bits per heavy atom. The molecule has 0 spiro atoms. The summed E-state index contributed by atoms with van der Waals surface area (Å²) >= 11 is 1.81. The smallest absolute Gasteiger partial charge is 0.231 e. The Kier molecular flexibility index (Phi) is 3.67. The zero-order valence-electron chi connectivity index (χ0n) is 15.9. The average molecular weight is 382 g/mol. The van der Waals surface area contributed by atoms with Crippen molar-refractivity contribution in [3.8, 4) is 11.5 Å². The lowest BCUT2D eigenvalue weighted by Gasteiger charge is -2.24. The van der Waals surface area contributed by atoms with Crippen LogP contribution < -0.4 is 14.9 Å². The third-order valence-electron chi connectivity index (χ3n) is 5.49. The highest BCUT2D eigenvalue weighted by Gasteiger charge is 2.55. The summed E-state index contributed by atoms with van der Waals surface area (Å²) in [6.45, 7) is 7.31. The van der Waals surface area contributed by atoms with Crippen LogP contribution in [-0.2, 0) is 6.54 Å². The zero-order chi connectivity index (χ0) is 18.8. The van der Waals surface area contributed by atoms with E-state index in [9.17, 15) is 0 Å². The number of amidine groups is 1. The van der Waals surface area contributed by atoms with Crippen LogP contribution in [0.2, 0.25) is 0 Å². The van der Waals surface area contributed by atoms with Gasteiger partial charge in [-0.2, -0.15) is 0 Å². The van der Waals surface area contributed by atoms with Gasteiger partial charge in [-0.1, -0.05) is 23.9 Å². The van der Waals surface area contributed by atoms with E-state index in [1.165, 1.54) is 11.1 Å². The maximum atomic E-state index is 5.62. The van der Waals surface area contributed by atoms with Gasteiger partial charge < -0.3 is 14.9 Å². The van der Waals surface area contributed by atoms with Crippen molar-refractivity contribution in [1.29, 1.82) is 0 Å². The molecule has 1 aromatic carbocycles. The van der Waals surface area contributed by atoms with Gasteiger partial charge in [0.1, 0.15) is 10.9 Å². The van der Waals surface area contributed by atoms with Gasteiger partial charge in [0.05, 0.1) is 17.3 Å². The number of hydrogen-bond acceptors (Lipinski definition) is 6. The van der Waals surface area contributed by atoms with E-state index < -0.39 is 0 Å². The van der Waals surface area contributed by atoms with Gasteiger partial charge in [0.25, 0.3) is 0 Å². The summed E-state index contributed by atoms with van der Waals surface area (Å²) in [7, 11) is 2.08. The van der Waals surface area contributed by atoms with Gasteiger partial charge in [0, 0.05) is 23.9 Å². The topological polar surface area (TPSA) is 59.0 Å². The second-order valence-corrected chi connectivity index (χ2v) is 8.89. The van der Waals surface area contributed by atoms with E-state index >= 15 is 0 Å². The van der Waals surface area contributed by atoms with Crippen LogP contribution >= 0.6 is 11.8 Å². The third-order valence-corrected chi connectivity index (χ3v) is 6.83. The number of aryl methyl sites for hydroxylation is 2. The number of thioether (sulfide) groups is 1. The highest BCUT2D eigenvalue weighted by atomic mass is 32.2. The van der Waals surface area contributed by atoms with Crippen LogP contribution in [0.15, 0.2) is 34.3 Å². The molecule has 2 atom stereocenters. The summed E-state index contributed by atoms with van der Waals surface area (Å²) in [5.74, 6) is 2.59. The molecule has 140 valence electrons. The Morgan fingerprint density at radius 3 is 3.07 bits per heavy atom. The molecule has 27 heavy (non-hydrogen) atoms. The molecule has 5 rings (SSSR count). The molecule has 3 aliphatic rings. The number of aromatic nitrogens is 1. The molecule has 6 nitrogen and oxygen atoms in total. The molecular weight excluding hydrogens is 360 g/mol. The summed E-state index contributed by atoms with van der Waals surface area (Å²) in [6.07, 6.45) is 0. The molecule has 2 aromatic rings. The van der Waals surface area contributed by atoms with Gasteiger partial charge in [0.2, 0.25) is 6.79 Å². The summed E-state index contributed by atoms with van der Waals surface area (Å²) in [5.41, 5.74) is 8.19. The van der Waals surface area contributed by atoms with Gasteiger partial charge in [-0.05, 0) is 38.5 Å². The van der Waals surface area contributed by atoms with Crippen molar-refractivity contribution in [3.05, 3.63) is 46.6 Å². The van der Waals surface area contributed by atoms with Crippen LogP contribution in [0.1, 0.15) is 35.3 Å². The minimum Gasteiger partial charge on any atom is -0.454 e. The maximum absolute atomic E-state index is 5.62. The molecule has 1 fully saturated rings. The second-order valence-electron chi connectivity index (χ2n) is 7.45. The lowest BCUT2D eigenvalue weighted by molar-refractivity contribution is 0.173. The number of ether oxygens (including phenoxy) is 2. The van der Waals surface area contributed by atoms with E-state index in [0.717, 1.165) is 33.6 Å². The summed E-state index contributed by atoms with van der Waals surface area (Å²) in [4.78, 5) is 9.74. The fourth-order valence-corrected chi connectivity index (χ4v) is 5.88. The number of aliphatic imine (C=N–C) groups is 1. The third kappa shape index (κ3) is 2.45. The first-order chi connectivity index (χ1) is 13.0. The number of nitrogens with one attached hydrogen (secondary N) is 1. The number of nitrogens with zero attached hydrogens (tertiary/aromatic N) is 3. The monoisotopic (exact) mass is 382 g/mol. The van der Waals surface area contributed by atoms with Crippen molar-refractivity contribution in [2.75, 3.05) is 13.8 Å². The van der Waals surface area contributed by atoms with E-state index in [2.05, 4.69) is 44.3 Å². The summed E-state index contributed by atoms with van der Waals surface area (Å²) in [6, 6.07) is 8.33. The van der Waals surface area contributed by atoms with Crippen LogP contribution in [0.3, 0.4) is 0 Å². The molecular formula is C20H22N4O2S.